The van der Waals surface area contributed by atoms with Gasteiger partial charge in [-0.15, -0.1) is 0 Å². The van der Waals surface area contributed by atoms with E-state index in [1.54, 1.807) is 0 Å². The number of para-hydroxylation sites is 4. The van der Waals surface area contributed by atoms with Crippen molar-refractivity contribution in [2.75, 3.05) is 0 Å². The lowest BCUT2D eigenvalue weighted by Crippen LogP contribution is -1.99. The third-order valence-electron chi connectivity index (χ3n) is 13.2. The maximum absolute atomic E-state index is 5.41. The molecule has 306 valence electrons. The summed E-state index contributed by atoms with van der Waals surface area (Å²) in [6.45, 7) is 0. The molecular weight excluding hydrogens is 805 g/mol. The second-order valence-electron chi connectivity index (χ2n) is 17.1. The zero-order valence-corrected chi connectivity index (χ0v) is 35.5. The Kier molecular flexibility index (Phi) is 7.88. The largest absolute Gasteiger partial charge is 0.276 e. The molecule has 0 bridgehead atoms. The van der Waals surface area contributed by atoms with Crippen molar-refractivity contribution in [1.82, 2.24) is 28.7 Å². The lowest BCUT2D eigenvalue weighted by molar-refractivity contribution is 1.16. The van der Waals surface area contributed by atoms with Gasteiger partial charge in [-0.25, -0.2) is 19.9 Å². The van der Waals surface area contributed by atoms with Gasteiger partial charge < -0.3 is 0 Å². The van der Waals surface area contributed by atoms with Crippen LogP contribution in [0.4, 0.5) is 0 Å². The van der Waals surface area contributed by atoms with Crippen molar-refractivity contribution >= 4 is 76.7 Å². The fraction of sp³-hybridized carbons (Fsp3) is 0. The molecule has 0 saturated carbocycles. The maximum Gasteiger partial charge on any atom is 0.149 e. The molecular formula is C60H36N6. The van der Waals surface area contributed by atoms with Gasteiger partial charge in [-0.2, -0.15) is 0 Å². The topological polar surface area (TPSA) is 60.4 Å². The number of imidazole rings is 2. The highest BCUT2D eigenvalue weighted by molar-refractivity contribution is 6.03. The van der Waals surface area contributed by atoms with Crippen molar-refractivity contribution < 1.29 is 0 Å². The van der Waals surface area contributed by atoms with Crippen LogP contribution >= 0.6 is 0 Å². The van der Waals surface area contributed by atoms with Gasteiger partial charge >= 0.3 is 0 Å². The lowest BCUT2D eigenvalue weighted by atomic mass is 9.99. The number of hydrogen-bond acceptors (Lipinski definition) is 4. The zero-order chi connectivity index (χ0) is 43.3. The fourth-order valence-corrected chi connectivity index (χ4v) is 9.96. The Morgan fingerprint density at radius 2 is 0.621 bits per heavy atom. The van der Waals surface area contributed by atoms with Crippen LogP contribution in [0.15, 0.2) is 218 Å². The van der Waals surface area contributed by atoms with E-state index in [1.165, 1.54) is 21.5 Å². The maximum atomic E-state index is 5.41. The summed E-state index contributed by atoms with van der Waals surface area (Å²) in [4.78, 5) is 21.3. The normalized spacial score (nSPS) is 11.9. The predicted molar refractivity (Wildman–Crippen MR) is 272 cm³/mol. The Hall–Kier alpha value is -9.00. The van der Waals surface area contributed by atoms with Crippen LogP contribution in [0.2, 0.25) is 0 Å². The van der Waals surface area contributed by atoms with E-state index in [1.807, 2.05) is 12.1 Å². The standard InChI is InChI=1S/C60H36N6/c1-3-13-39-31-43(25-23-37(39)11-1)45-27-29-51-49(35-45)59-63-53-19-5-7-21-55(53)65(59)57(61-51)47-17-9-15-41(33-47)42-16-10-18-48(34-42)58-62-52-30-28-46(44-26-24-38-12-2-4-14-40(38)32-44)36-50(52)60-64-54-20-6-8-22-56(54)66(58)60/h1-36H. The number of rotatable bonds is 5. The van der Waals surface area contributed by atoms with Crippen LogP contribution in [0.25, 0.3) is 133 Å². The predicted octanol–water partition coefficient (Wildman–Crippen LogP) is 15.0. The Morgan fingerprint density at radius 3 is 1.11 bits per heavy atom. The van der Waals surface area contributed by atoms with Crippen LogP contribution < -0.4 is 0 Å². The van der Waals surface area contributed by atoms with Gasteiger partial charge in [-0.1, -0.05) is 146 Å². The van der Waals surface area contributed by atoms with E-state index < -0.39 is 0 Å². The van der Waals surface area contributed by atoms with Crippen molar-refractivity contribution in [1.29, 1.82) is 0 Å². The highest BCUT2D eigenvalue weighted by Gasteiger charge is 2.19. The van der Waals surface area contributed by atoms with Crippen molar-refractivity contribution in [3.63, 3.8) is 0 Å². The Balaban J connectivity index is 0.898. The van der Waals surface area contributed by atoms with E-state index in [2.05, 4.69) is 215 Å². The first-order valence-electron chi connectivity index (χ1n) is 22.3. The highest BCUT2D eigenvalue weighted by atomic mass is 15.1. The summed E-state index contributed by atoms with van der Waals surface area (Å²) in [5.74, 6) is 1.68. The SMILES string of the molecule is c1cc(-c2cccc(-c3nc4ccc(-c5ccc6ccccc6c5)cc4c4nc5ccccc5n34)c2)cc(-c2nc3ccc(-c4ccc5ccccc5c4)cc3c3nc4ccccc4n23)c1. The molecule has 0 aliphatic heterocycles. The van der Waals surface area contributed by atoms with Gasteiger partial charge in [-0.3, -0.25) is 8.80 Å². The van der Waals surface area contributed by atoms with Crippen LogP contribution in [-0.4, -0.2) is 28.7 Å². The molecule has 0 aliphatic rings. The molecule has 6 heteroatoms. The van der Waals surface area contributed by atoms with Crippen molar-refractivity contribution in [2.24, 2.45) is 0 Å². The third kappa shape index (κ3) is 5.75. The number of fused-ring (bicyclic) bond motifs is 12. The van der Waals surface area contributed by atoms with Gasteiger partial charge in [0, 0.05) is 21.9 Å². The van der Waals surface area contributed by atoms with Gasteiger partial charge in [0.05, 0.1) is 33.1 Å². The molecule has 66 heavy (non-hydrogen) atoms. The summed E-state index contributed by atoms with van der Waals surface area (Å²) >= 11 is 0. The second kappa shape index (κ2) is 14.3. The van der Waals surface area contributed by atoms with E-state index in [4.69, 9.17) is 19.9 Å². The van der Waals surface area contributed by atoms with Crippen LogP contribution in [0.3, 0.4) is 0 Å². The Labute approximate surface area is 378 Å². The van der Waals surface area contributed by atoms with E-state index in [9.17, 15) is 0 Å². The monoisotopic (exact) mass is 840 g/mol. The molecule has 0 atom stereocenters. The molecule has 0 radical (unpaired) electrons. The first kappa shape index (κ1) is 36.5. The molecule has 0 aliphatic carbocycles. The van der Waals surface area contributed by atoms with Crippen LogP contribution in [0, 0.1) is 0 Å². The summed E-state index contributed by atoms with van der Waals surface area (Å²) in [6.07, 6.45) is 0. The molecule has 4 aromatic heterocycles. The average molecular weight is 841 g/mol. The van der Waals surface area contributed by atoms with Crippen LogP contribution in [0.1, 0.15) is 0 Å². The minimum Gasteiger partial charge on any atom is -0.276 e. The van der Waals surface area contributed by atoms with Gasteiger partial charge in [0.2, 0.25) is 0 Å². The summed E-state index contributed by atoms with van der Waals surface area (Å²) in [5, 5.41) is 6.91. The van der Waals surface area contributed by atoms with Crippen LogP contribution in [0.5, 0.6) is 0 Å². The summed E-state index contributed by atoms with van der Waals surface area (Å²) in [6, 6.07) is 77.5. The molecule has 14 aromatic rings. The molecule has 14 rings (SSSR count). The Bertz CT molecular complexity index is 4030. The Morgan fingerprint density at radius 1 is 0.242 bits per heavy atom. The van der Waals surface area contributed by atoms with Gasteiger partial charge in [0.15, 0.2) is 0 Å². The van der Waals surface area contributed by atoms with Gasteiger partial charge in [0.1, 0.15) is 22.9 Å². The molecule has 10 aromatic carbocycles. The van der Waals surface area contributed by atoms with Crippen molar-refractivity contribution in [3.05, 3.63) is 218 Å². The number of aromatic nitrogens is 6. The second-order valence-corrected chi connectivity index (χ2v) is 17.1. The molecule has 0 saturated heterocycles. The van der Waals surface area contributed by atoms with E-state index in [-0.39, 0.29) is 0 Å². The van der Waals surface area contributed by atoms with E-state index >= 15 is 0 Å². The fourth-order valence-electron chi connectivity index (χ4n) is 9.96. The molecule has 6 nitrogen and oxygen atoms in total. The van der Waals surface area contributed by atoms with Gasteiger partial charge in [-0.05, 0) is 128 Å². The van der Waals surface area contributed by atoms with E-state index in [0.717, 1.165) is 111 Å². The summed E-state index contributed by atoms with van der Waals surface area (Å²) < 4.78 is 4.45. The molecule has 0 amide bonds. The smallest absolute Gasteiger partial charge is 0.149 e. The number of hydrogen-bond donors (Lipinski definition) is 0. The minimum absolute atomic E-state index is 0.841. The lowest BCUT2D eigenvalue weighted by Gasteiger charge is -2.13. The molecule has 0 fully saturated rings. The molecule has 4 heterocycles. The zero-order valence-electron chi connectivity index (χ0n) is 35.5. The third-order valence-corrected chi connectivity index (χ3v) is 13.2. The molecule has 0 spiro atoms. The average Bonchev–Trinajstić information content (AvgIpc) is 3.98. The van der Waals surface area contributed by atoms with Crippen LogP contribution in [-0.2, 0) is 0 Å². The van der Waals surface area contributed by atoms with Crippen molar-refractivity contribution in [3.8, 4) is 56.2 Å². The number of benzene rings is 10. The summed E-state index contributed by atoms with van der Waals surface area (Å²) in [5.41, 5.74) is 16.2. The molecule has 0 N–H and O–H groups in total. The minimum atomic E-state index is 0.841. The first-order chi connectivity index (χ1) is 32.7. The molecule has 0 unspecified atom stereocenters. The summed E-state index contributed by atoms with van der Waals surface area (Å²) in [7, 11) is 0. The van der Waals surface area contributed by atoms with Crippen molar-refractivity contribution in [2.45, 2.75) is 0 Å². The number of nitrogens with zero attached hydrogens (tertiary/aromatic N) is 6. The van der Waals surface area contributed by atoms with E-state index in [0.29, 0.717) is 0 Å². The quantitative estimate of drug-likeness (QED) is 0.173. The van der Waals surface area contributed by atoms with Gasteiger partial charge in [0.25, 0.3) is 0 Å². The highest BCUT2D eigenvalue weighted by Crippen LogP contribution is 2.37. The first-order valence-corrected chi connectivity index (χ1v) is 22.3.